The molecule has 9 nitrogen and oxygen atoms in total. The Labute approximate surface area is 223 Å². The Bertz CT molecular complexity index is 1430. The Hall–Kier alpha value is -4.57. The van der Waals surface area contributed by atoms with Crippen molar-refractivity contribution in [1.29, 1.82) is 0 Å². The average Bonchev–Trinajstić information content (AvgIpc) is 3.44. The fourth-order valence-electron chi connectivity index (χ4n) is 3.39. The summed E-state index contributed by atoms with van der Waals surface area (Å²) in [7, 11) is 4.71. The molecule has 0 atom stereocenters. The second-order valence-electron chi connectivity index (χ2n) is 7.83. The van der Waals surface area contributed by atoms with Crippen LogP contribution in [0.4, 0.5) is 5.69 Å². The smallest absolute Gasteiger partial charge is 0.277 e. The SMILES string of the molecule is COc1ccc(-c2nnc(SCC(=O)Nc3ccc(C(=O)/C=C/c4ccc(OC)c(OC)c4)cc3)o2)cc1. The van der Waals surface area contributed by atoms with Gasteiger partial charge in [-0.1, -0.05) is 23.9 Å². The van der Waals surface area contributed by atoms with Crippen LogP contribution >= 0.6 is 11.8 Å². The zero-order chi connectivity index (χ0) is 26.9. The molecule has 1 N–H and O–H groups in total. The number of anilines is 1. The molecule has 1 heterocycles. The van der Waals surface area contributed by atoms with Crippen molar-refractivity contribution in [2.45, 2.75) is 5.22 Å². The van der Waals surface area contributed by atoms with Crippen molar-refractivity contribution < 1.29 is 28.2 Å². The fraction of sp³-hybridized carbons (Fsp3) is 0.143. The van der Waals surface area contributed by atoms with Gasteiger partial charge in [-0.05, 0) is 72.3 Å². The zero-order valence-corrected chi connectivity index (χ0v) is 21.8. The summed E-state index contributed by atoms with van der Waals surface area (Å²) in [5, 5.41) is 11.1. The Morgan fingerprint density at radius 1 is 0.895 bits per heavy atom. The third-order valence-electron chi connectivity index (χ3n) is 5.36. The van der Waals surface area contributed by atoms with Crippen molar-refractivity contribution in [3.05, 3.63) is 83.9 Å². The van der Waals surface area contributed by atoms with E-state index in [2.05, 4.69) is 15.5 Å². The quantitative estimate of drug-likeness (QED) is 0.155. The molecule has 4 rings (SSSR count). The van der Waals surface area contributed by atoms with E-state index in [9.17, 15) is 9.59 Å². The molecule has 38 heavy (non-hydrogen) atoms. The number of ketones is 1. The number of carbonyl (C=O) groups excluding carboxylic acids is 2. The van der Waals surface area contributed by atoms with Crippen LogP contribution in [0.1, 0.15) is 15.9 Å². The molecule has 0 saturated heterocycles. The van der Waals surface area contributed by atoms with Crippen molar-refractivity contribution in [3.63, 3.8) is 0 Å². The minimum Gasteiger partial charge on any atom is -0.497 e. The van der Waals surface area contributed by atoms with Crippen molar-refractivity contribution in [2.24, 2.45) is 0 Å². The molecule has 0 aliphatic rings. The molecule has 0 radical (unpaired) electrons. The summed E-state index contributed by atoms with van der Waals surface area (Å²) in [6, 6.07) is 19.3. The van der Waals surface area contributed by atoms with Gasteiger partial charge in [0.2, 0.25) is 11.8 Å². The maximum absolute atomic E-state index is 12.6. The molecule has 0 aliphatic heterocycles. The molecule has 0 unspecified atom stereocenters. The number of amides is 1. The number of carbonyl (C=O) groups is 2. The van der Waals surface area contributed by atoms with Gasteiger partial charge in [0.15, 0.2) is 17.3 Å². The third kappa shape index (κ3) is 6.80. The van der Waals surface area contributed by atoms with Gasteiger partial charge in [-0.3, -0.25) is 9.59 Å². The van der Waals surface area contributed by atoms with Gasteiger partial charge in [0.25, 0.3) is 5.22 Å². The first kappa shape index (κ1) is 26.5. The van der Waals surface area contributed by atoms with Gasteiger partial charge < -0.3 is 23.9 Å². The number of hydrogen-bond acceptors (Lipinski definition) is 9. The predicted octanol–water partition coefficient (Wildman–Crippen LogP) is 5.39. The average molecular weight is 532 g/mol. The summed E-state index contributed by atoms with van der Waals surface area (Å²) >= 11 is 1.13. The molecule has 3 aromatic carbocycles. The number of aromatic nitrogens is 2. The summed E-state index contributed by atoms with van der Waals surface area (Å²) in [6.07, 6.45) is 3.19. The number of nitrogens with zero attached hydrogens (tertiary/aromatic N) is 2. The van der Waals surface area contributed by atoms with E-state index in [1.165, 1.54) is 6.08 Å². The van der Waals surface area contributed by atoms with Gasteiger partial charge >= 0.3 is 0 Å². The number of nitrogens with one attached hydrogen (secondary N) is 1. The van der Waals surface area contributed by atoms with E-state index < -0.39 is 0 Å². The lowest BCUT2D eigenvalue weighted by molar-refractivity contribution is -0.113. The number of methoxy groups -OCH3 is 3. The van der Waals surface area contributed by atoms with Crippen LogP contribution in [0.5, 0.6) is 17.2 Å². The van der Waals surface area contributed by atoms with E-state index in [4.69, 9.17) is 18.6 Å². The molecular formula is C28H25N3O6S. The van der Waals surface area contributed by atoms with E-state index in [1.807, 2.05) is 18.2 Å². The molecule has 0 saturated carbocycles. The number of thioether (sulfide) groups is 1. The lowest BCUT2D eigenvalue weighted by Crippen LogP contribution is -2.14. The van der Waals surface area contributed by atoms with Gasteiger partial charge in [-0.2, -0.15) is 0 Å². The van der Waals surface area contributed by atoms with Gasteiger partial charge in [0.05, 0.1) is 27.1 Å². The molecule has 1 aromatic heterocycles. The van der Waals surface area contributed by atoms with Crippen molar-refractivity contribution in [1.82, 2.24) is 10.2 Å². The maximum atomic E-state index is 12.6. The standard InChI is InChI=1S/C28H25N3O6S/c1-34-22-12-8-20(9-13-22)27-30-31-28(37-27)38-17-26(33)29-21-10-6-19(7-11-21)23(32)14-4-18-5-15-24(35-2)25(16-18)36-3/h4-16H,17H2,1-3H3,(H,29,33)/b14-4+. The normalized spacial score (nSPS) is 10.8. The van der Waals surface area contributed by atoms with Crippen LogP contribution in [0.25, 0.3) is 17.5 Å². The van der Waals surface area contributed by atoms with Crippen LogP contribution in [0.15, 0.2) is 82.4 Å². The van der Waals surface area contributed by atoms with E-state index in [0.717, 1.165) is 28.6 Å². The molecule has 4 aromatic rings. The monoisotopic (exact) mass is 531 g/mol. The Morgan fingerprint density at radius 3 is 2.32 bits per heavy atom. The highest BCUT2D eigenvalue weighted by Crippen LogP contribution is 2.28. The first-order chi connectivity index (χ1) is 18.5. The highest BCUT2D eigenvalue weighted by Gasteiger charge is 2.12. The fourth-order valence-corrected chi connectivity index (χ4v) is 3.95. The third-order valence-corrected chi connectivity index (χ3v) is 6.18. The van der Waals surface area contributed by atoms with Crippen LogP contribution in [0.3, 0.4) is 0 Å². The molecule has 0 bridgehead atoms. The van der Waals surface area contributed by atoms with E-state index in [1.54, 1.807) is 75.9 Å². The maximum Gasteiger partial charge on any atom is 0.277 e. The van der Waals surface area contributed by atoms with Crippen molar-refractivity contribution >= 4 is 35.2 Å². The first-order valence-electron chi connectivity index (χ1n) is 11.4. The minimum atomic E-state index is -0.244. The number of ether oxygens (including phenoxy) is 3. The Kier molecular flexibility index (Phi) is 8.78. The summed E-state index contributed by atoms with van der Waals surface area (Å²) in [6.45, 7) is 0. The Morgan fingerprint density at radius 2 is 1.63 bits per heavy atom. The van der Waals surface area contributed by atoms with Crippen LogP contribution in [0, 0.1) is 0 Å². The highest BCUT2D eigenvalue weighted by molar-refractivity contribution is 7.99. The van der Waals surface area contributed by atoms with E-state index >= 15 is 0 Å². The summed E-state index contributed by atoms with van der Waals surface area (Å²) < 4.78 is 21.3. The van der Waals surface area contributed by atoms with Gasteiger partial charge in [-0.25, -0.2) is 0 Å². The van der Waals surface area contributed by atoms with Crippen LogP contribution in [0.2, 0.25) is 0 Å². The lowest BCUT2D eigenvalue weighted by Gasteiger charge is -2.07. The predicted molar refractivity (Wildman–Crippen MR) is 145 cm³/mol. The molecule has 1 amide bonds. The molecular weight excluding hydrogens is 506 g/mol. The number of allylic oxidation sites excluding steroid dienone is 1. The van der Waals surface area contributed by atoms with Gasteiger partial charge in [0, 0.05) is 16.8 Å². The number of hydrogen-bond donors (Lipinski definition) is 1. The largest absolute Gasteiger partial charge is 0.497 e. The highest BCUT2D eigenvalue weighted by atomic mass is 32.2. The molecule has 194 valence electrons. The van der Waals surface area contributed by atoms with Crippen LogP contribution in [-0.2, 0) is 4.79 Å². The summed E-state index contributed by atoms with van der Waals surface area (Å²) in [4.78, 5) is 24.9. The van der Waals surface area contributed by atoms with Crippen molar-refractivity contribution in [2.75, 3.05) is 32.4 Å². The van der Waals surface area contributed by atoms with Gasteiger partial charge in [-0.15, -0.1) is 10.2 Å². The van der Waals surface area contributed by atoms with Crippen molar-refractivity contribution in [3.8, 4) is 28.7 Å². The Balaban J connectivity index is 1.28. The molecule has 0 aliphatic carbocycles. The first-order valence-corrected chi connectivity index (χ1v) is 12.4. The number of rotatable bonds is 11. The second kappa shape index (κ2) is 12.6. The number of benzene rings is 3. The molecule has 0 fully saturated rings. The van der Waals surface area contributed by atoms with E-state index in [-0.39, 0.29) is 22.7 Å². The minimum absolute atomic E-state index is 0.0823. The zero-order valence-electron chi connectivity index (χ0n) is 21.0. The topological polar surface area (TPSA) is 113 Å². The van der Waals surface area contributed by atoms with E-state index in [0.29, 0.717) is 28.6 Å². The summed E-state index contributed by atoms with van der Waals surface area (Å²) in [5.41, 5.74) is 2.61. The lowest BCUT2D eigenvalue weighted by atomic mass is 10.1. The molecule has 0 spiro atoms. The second-order valence-corrected chi connectivity index (χ2v) is 8.75. The molecule has 10 heteroatoms. The van der Waals surface area contributed by atoms with Crippen LogP contribution < -0.4 is 19.5 Å². The summed E-state index contributed by atoms with van der Waals surface area (Å²) in [5.74, 6) is 1.95. The van der Waals surface area contributed by atoms with Gasteiger partial charge in [0.1, 0.15) is 5.75 Å². The van der Waals surface area contributed by atoms with Crippen LogP contribution in [-0.4, -0.2) is 49.0 Å².